The number of aryl methyl sites for hydroxylation is 1. The molecule has 90 valence electrons. The third-order valence-corrected chi connectivity index (χ3v) is 3.03. The summed E-state index contributed by atoms with van der Waals surface area (Å²) in [6, 6.07) is 0. The Labute approximate surface area is 96.4 Å². The van der Waals surface area contributed by atoms with Gasteiger partial charge in [-0.05, 0) is 19.9 Å². The smallest absolute Gasteiger partial charge is 0.0849 e. The monoisotopic (exact) mass is 224 g/mol. The number of rotatable bonds is 4. The van der Waals surface area contributed by atoms with Crippen LogP contribution in [-0.4, -0.2) is 52.7 Å². The van der Waals surface area contributed by atoms with Gasteiger partial charge in [0, 0.05) is 32.8 Å². The van der Waals surface area contributed by atoms with Crippen LogP contribution >= 0.6 is 0 Å². The Balaban J connectivity index is 1.64. The highest BCUT2D eigenvalue weighted by Gasteiger charge is 2.16. The molecule has 0 N–H and O–H groups in total. The number of aromatic nitrogens is 3. The molecule has 0 bridgehead atoms. The largest absolute Gasteiger partial charge is 0.378 e. The van der Waals surface area contributed by atoms with E-state index in [1.165, 1.54) is 0 Å². The van der Waals surface area contributed by atoms with Crippen LogP contribution in [0.5, 0.6) is 0 Å². The van der Waals surface area contributed by atoms with E-state index in [0.717, 1.165) is 44.7 Å². The Hall–Kier alpha value is -0.940. The lowest BCUT2D eigenvalue weighted by Gasteiger charge is -2.28. The fourth-order valence-corrected chi connectivity index (χ4v) is 1.99. The molecular formula is C11H20N4O. The lowest BCUT2D eigenvalue weighted by molar-refractivity contribution is 0.0139. The molecule has 1 fully saturated rings. The molecule has 1 aliphatic heterocycles. The highest BCUT2D eigenvalue weighted by Crippen LogP contribution is 2.12. The minimum absolute atomic E-state index is 0.438. The van der Waals surface area contributed by atoms with Crippen LogP contribution in [0, 0.1) is 0 Å². The van der Waals surface area contributed by atoms with E-state index in [1.54, 1.807) is 4.68 Å². The van der Waals surface area contributed by atoms with E-state index in [0.29, 0.717) is 6.10 Å². The van der Waals surface area contributed by atoms with Gasteiger partial charge in [0.2, 0.25) is 0 Å². The summed E-state index contributed by atoms with van der Waals surface area (Å²) in [5, 5.41) is 7.93. The number of ether oxygens (including phenoxy) is 1. The first kappa shape index (κ1) is 11.5. The number of piperidine rings is 1. The molecule has 1 aliphatic rings. The van der Waals surface area contributed by atoms with Gasteiger partial charge in [-0.15, -0.1) is 5.10 Å². The second kappa shape index (κ2) is 5.41. The molecule has 2 rings (SSSR count). The van der Waals surface area contributed by atoms with Crippen molar-refractivity contribution in [2.75, 3.05) is 26.7 Å². The van der Waals surface area contributed by atoms with Gasteiger partial charge in [0.05, 0.1) is 18.4 Å². The van der Waals surface area contributed by atoms with E-state index in [4.69, 9.17) is 4.74 Å². The maximum Gasteiger partial charge on any atom is 0.0849 e. The lowest BCUT2D eigenvalue weighted by atomic mass is 10.1. The zero-order chi connectivity index (χ0) is 11.4. The molecule has 1 aromatic heterocycles. The first-order chi connectivity index (χ1) is 7.74. The summed E-state index contributed by atoms with van der Waals surface area (Å²) < 4.78 is 7.57. The zero-order valence-electron chi connectivity index (χ0n) is 10.1. The zero-order valence-corrected chi connectivity index (χ0v) is 10.1. The van der Waals surface area contributed by atoms with E-state index >= 15 is 0 Å². The Morgan fingerprint density at radius 2 is 2.12 bits per heavy atom. The van der Waals surface area contributed by atoms with E-state index < -0.39 is 0 Å². The van der Waals surface area contributed by atoms with Crippen molar-refractivity contribution in [3.05, 3.63) is 11.9 Å². The molecular weight excluding hydrogens is 204 g/mol. The minimum atomic E-state index is 0.438. The SMILES string of the molecule is CN1CCC(OCCc2cn(C)nn2)CC1. The summed E-state index contributed by atoms with van der Waals surface area (Å²) in [7, 11) is 4.05. The van der Waals surface area contributed by atoms with Crippen molar-refractivity contribution >= 4 is 0 Å². The van der Waals surface area contributed by atoms with Crippen molar-refractivity contribution in [3.63, 3.8) is 0 Å². The van der Waals surface area contributed by atoms with Crippen LogP contribution in [-0.2, 0) is 18.2 Å². The average molecular weight is 224 g/mol. The molecule has 0 atom stereocenters. The minimum Gasteiger partial charge on any atom is -0.378 e. The van der Waals surface area contributed by atoms with Gasteiger partial charge in [-0.25, -0.2) is 0 Å². The lowest BCUT2D eigenvalue weighted by Crippen LogP contribution is -2.34. The molecule has 1 aromatic rings. The van der Waals surface area contributed by atoms with Crippen molar-refractivity contribution in [2.45, 2.75) is 25.4 Å². The van der Waals surface area contributed by atoms with Crippen LogP contribution in [0.2, 0.25) is 0 Å². The van der Waals surface area contributed by atoms with Gasteiger partial charge in [0.1, 0.15) is 0 Å². The number of hydrogen-bond donors (Lipinski definition) is 0. The number of nitrogens with zero attached hydrogens (tertiary/aromatic N) is 4. The quantitative estimate of drug-likeness (QED) is 0.745. The predicted molar refractivity (Wildman–Crippen MR) is 61.2 cm³/mol. The Morgan fingerprint density at radius 1 is 1.38 bits per heavy atom. The maximum atomic E-state index is 5.84. The van der Waals surface area contributed by atoms with Crippen LogP contribution in [0.1, 0.15) is 18.5 Å². The van der Waals surface area contributed by atoms with Gasteiger partial charge in [-0.1, -0.05) is 5.21 Å². The summed E-state index contributed by atoms with van der Waals surface area (Å²) in [6.45, 7) is 3.05. The number of hydrogen-bond acceptors (Lipinski definition) is 4. The van der Waals surface area contributed by atoms with E-state index in [-0.39, 0.29) is 0 Å². The van der Waals surface area contributed by atoms with E-state index in [9.17, 15) is 0 Å². The van der Waals surface area contributed by atoms with Crippen molar-refractivity contribution in [1.29, 1.82) is 0 Å². The molecule has 5 heteroatoms. The third-order valence-electron chi connectivity index (χ3n) is 3.03. The van der Waals surface area contributed by atoms with Crippen LogP contribution in [0.15, 0.2) is 6.20 Å². The van der Waals surface area contributed by atoms with Crippen LogP contribution < -0.4 is 0 Å². The first-order valence-electron chi connectivity index (χ1n) is 5.89. The normalized spacial score (nSPS) is 19.1. The second-order valence-electron chi connectivity index (χ2n) is 4.51. The van der Waals surface area contributed by atoms with Gasteiger partial charge < -0.3 is 9.64 Å². The molecule has 5 nitrogen and oxygen atoms in total. The maximum absolute atomic E-state index is 5.84. The van der Waals surface area contributed by atoms with E-state index in [2.05, 4.69) is 22.3 Å². The predicted octanol–water partition coefficient (Wildman–Crippen LogP) is 0.468. The second-order valence-corrected chi connectivity index (χ2v) is 4.51. The highest BCUT2D eigenvalue weighted by atomic mass is 16.5. The molecule has 0 saturated carbocycles. The summed E-state index contributed by atoms with van der Waals surface area (Å²) in [4.78, 5) is 2.35. The van der Waals surface area contributed by atoms with Crippen LogP contribution in [0.25, 0.3) is 0 Å². The Bertz CT molecular complexity index is 318. The molecule has 0 radical (unpaired) electrons. The summed E-state index contributed by atoms with van der Waals surface area (Å²) in [6.07, 6.45) is 5.54. The molecule has 0 spiro atoms. The van der Waals surface area contributed by atoms with Crippen LogP contribution in [0.3, 0.4) is 0 Å². The van der Waals surface area contributed by atoms with Gasteiger partial charge in [-0.3, -0.25) is 4.68 Å². The molecule has 16 heavy (non-hydrogen) atoms. The van der Waals surface area contributed by atoms with Gasteiger partial charge >= 0.3 is 0 Å². The van der Waals surface area contributed by atoms with Crippen molar-refractivity contribution < 1.29 is 4.74 Å². The molecule has 2 heterocycles. The molecule has 1 saturated heterocycles. The van der Waals surface area contributed by atoms with Crippen LogP contribution in [0.4, 0.5) is 0 Å². The standard InChI is InChI=1S/C11H20N4O/c1-14-6-3-11(4-7-14)16-8-5-10-9-15(2)13-12-10/h9,11H,3-8H2,1-2H3. The van der Waals surface area contributed by atoms with Gasteiger partial charge in [0.25, 0.3) is 0 Å². The third kappa shape index (κ3) is 3.28. The van der Waals surface area contributed by atoms with Crippen molar-refractivity contribution in [1.82, 2.24) is 19.9 Å². The summed E-state index contributed by atoms with van der Waals surface area (Å²) >= 11 is 0. The molecule has 0 unspecified atom stereocenters. The van der Waals surface area contributed by atoms with E-state index in [1.807, 2.05) is 13.2 Å². The topological polar surface area (TPSA) is 43.2 Å². The highest BCUT2D eigenvalue weighted by molar-refractivity contribution is 4.91. The Morgan fingerprint density at radius 3 is 2.75 bits per heavy atom. The fraction of sp³-hybridized carbons (Fsp3) is 0.818. The molecule has 0 amide bonds. The Kier molecular flexibility index (Phi) is 3.90. The molecule has 0 aromatic carbocycles. The fourth-order valence-electron chi connectivity index (χ4n) is 1.99. The summed E-state index contributed by atoms with van der Waals surface area (Å²) in [5.41, 5.74) is 1.01. The number of likely N-dealkylation sites (tertiary alicyclic amines) is 1. The summed E-state index contributed by atoms with van der Waals surface area (Å²) in [5.74, 6) is 0. The van der Waals surface area contributed by atoms with Crippen molar-refractivity contribution in [3.8, 4) is 0 Å². The van der Waals surface area contributed by atoms with Gasteiger partial charge in [-0.2, -0.15) is 0 Å². The van der Waals surface area contributed by atoms with Crippen molar-refractivity contribution in [2.24, 2.45) is 7.05 Å². The van der Waals surface area contributed by atoms with Gasteiger partial charge in [0.15, 0.2) is 0 Å². The first-order valence-corrected chi connectivity index (χ1v) is 5.89. The molecule has 0 aliphatic carbocycles. The average Bonchev–Trinajstić information content (AvgIpc) is 2.67.